The molecular weight excluding hydrogens is 527 g/mol. The van der Waals surface area contributed by atoms with Gasteiger partial charge in [-0.3, -0.25) is 4.79 Å². The number of fused-ring (bicyclic) bond motifs is 1. The molecule has 0 radical (unpaired) electrons. The van der Waals surface area contributed by atoms with Crippen LogP contribution in [0.25, 0.3) is 0 Å². The molecule has 9 heteroatoms. The molecule has 1 heterocycles. The van der Waals surface area contributed by atoms with Gasteiger partial charge in [0.1, 0.15) is 18.0 Å². The van der Waals surface area contributed by atoms with Crippen LogP contribution in [0.2, 0.25) is 0 Å². The minimum absolute atomic E-state index is 0.143. The lowest BCUT2D eigenvalue weighted by molar-refractivity contribution is -0.118. The predicted molar refractivity (Wildman–Crippen MR) is 126 cm³/mol. The SMILES string of the molecule is O=C(NCCO)C1=C[C@H](Oc2ccccc2I)[C@@H](O)[C@H](NCc2ccc3c(c2)OCO3)C1. The van der Waals surface area contributed by atoms with E-state index >= 15 is 0 Å². The van der Waals surface area contributed by atoms with Crippen LogP contribution in [0.15, 0.2) is 54.1 Å². The molecule has 0 saturated carbocycles. The van der Waals surface area contributed by atoms with Crippen LogP contribution in [0.1, 0.15) is 12.0 Å². The number of benzene rings is 2. The highest BCUT2D eigenvalue weighted by Crippen LogP contribution is 2.33. The predicted octanol–water partition coefficient (Wildman–Crippen LogP) is 1.73. The molecule has 2 aromatic carbocycles. The zero-order chi connectivity index (χ0) is 22.5. The van der Waals surface area contributed by atoms with Gasteiger partial charge in [-0.2, -0.15) is 0 Å². The summed E-state index contributed by atoms with van der Waals surface area (Å²) in [6.45, 7) is 0.702. The first kappa shape index (κ1) is 22.8. The summed E-state index contributed by atoms with van der Waals surface area (Å²) in [7, 11) is 0. The van der Waals surface area contributed by atoms with Crippen molar-refractivity contribution in [2.24, 2.45) is 0 Å². The normalized spacial score (nSPS) is 21.7. The lowest BCUT2D eigenvalue weighted by atomic mass is 9.89. The molecule has 0 unspecified atom stereocenters. The molecule has 0 fully saturated rings. The number of carbonyl (C=O) groups excluding carboxylic acids is 1. The van der Waals surface area contributed by atoms with Crippen LogP contribution in [0, 0.1) is 3.57 Å². The average molecular weight is 552 g/mol. The minimum Gasteiger partial charge on any atom is -0.482 e. The van der Waals surface area contributed by atoms with E-state index in [9.17, 15) is 9.90 Å². The molecular formula is C23H25IN2O6. The summed E-state index contributed by atoms with van der Waals surface area (Å²) >= 11 is 2.17. The highest BCUT2D eigenvalue weighted by Gasteiger charge is 2.35. The van der Waals surface area contributed by atoms with Crippen molar-refractivity contribution in [3.05, 3.63) is 63.2 Å². The largest absolute Gasteiger partial charge is 0.482 e. The van der Waals surface area contributed by atoms with Crippen LogP contribution in [-0.4, -0.2) is 54.3 Å². The Hall–Kier alpha value is -2.34. The fourth-order valence-electron chi connectivity index (χ4n) is 3.69. The number of rotatable bonds is 8. The second-order valence-corrected chi connectivity index (χ2v) is 8.72. The molecule has 32 heavy (non-hydrogen) atoms. The number of hydrogen-bond acceptors (Lipinski definition) is 7. The number of para-hydroxylation sites is 1. The van der Waals surface area contributed by atoms with Crippen molar-refractivity contribution in [2.75, 3.05) is 19.9 Å². The van der Waals surface area contributed by atoms with Crippen LogP contribution in [0.5, 0.6) is 17.2 Å². The number of amides is 1. The third kappa shape index (κ3) is 5.34. The van der Waals surface area contributed by atoms with Gasteiger partial charge in [-0.15, -0.1) is 0 Å². The molecule has 3 atom stereocenters. The van der Waals surface area contributed by atoms with E-state index in [0.29, 0.717) is 35.8 Å². The van der Waals surface area contributed by atoms with E-state index in [1.54, 1.807) is 6.08 Å². The molecule has 0 spiro atoms. The summed E-state index contributed by atoms with van der Waals surface area (Å²) in [6.07, 6.45) is 0.423. The molecule has 1 amide bonds. The molecule has 2 aromatic rings. The van der Waals surface area contributed by atoms with Crippen LogP contribution in [0.4, 0.5) is 0 Å². The first-order valence-electron chi connectivity index (χ1n) is 10.4. The maximum Gasteiger partial charge on any atom is 0.247 e. The highest BCUT2D eigenvalue weighted by atomic mass is 127. The van der Waals surface area contributed by atoms with E-state index in [0.717, 1.165) is 9.13 Å². The number of carbonyl (C=O) groups is 1. The summed E-state index contributed by atoms with van der Waals surface area (Å²) in [5.41, 5.74) is 1.47. The number of halogens is 1. The Balaban J connectivity index is 1.50. The second kappa shape index (κ2) is 10.5. The Morgan fingerprint density at radius 3 is 2.81 bits per heavy atom. The van der Waals surface area contributed by atoms with Gasteiger partial charge in [0.25, 0.3) is 0 Å². The summed E-state index contributed by atoms with van der Waals surface area (Å²) in [4.78, 5) is 12.6. The molecule has 1 aliphatic heterocycles. The van der Waals surface area contributed by atoms with Crippen LogP contribution < -0.4 is 24.8 Å². The topological polar surface area (TPSA) is 109 Å². The van der Waals surface area contributed by atoms with E-state index in [4.69, 9.17) is 19.3 Å². The van der Waals surface area contributed by atoms with Crippen molar-refractivity contribution in [3.8, 4) is 17.2 Å². The Labute approximate surface area is 199 Å². The van der Waals surface area contributed by atoms with Gasteiger partial charge in [0.2, 0.25) is 12.7 Å². The van der Waals surface area contributed by atoms with Gasteiger partial charge in [0, 0.05) is 24.7 Å². The van der Waals surface area contributed by atoms with Gasteiger partial charge in [0.05, 0.1) is 10.2 Å². The van der Waals surface area contributed by atoms with Crippen LogP contribution in [0.3, 0.4) is 0 Å². The molecule has 4 N–H and O–H groups in total. The molecule has 4 rings (SSSR count). The second-order valence-electron chi connectivity index (χ2n) is 7.55. The Morgan fingerprint density at radius 2 is 2.00 bits per heavy atom. The Bertz CT molecular complexity index is 998. The summed E-state index contributed by atoms with van der Waals surface area (Å²) in [5.74, 6) is 1.76. The standard InChI is InChI=1S/C23H25IN2O6/c24-16-3-1-2-4-18(16)32-21-11-15(23(29)25-7-8-27)10-17(22(21)28)26-12-14-5-6-19-20(9-14)31-13-30-19/h1-6,9,11,17,21-22,26-28H,7-8,10,12-13H2,(H,25,29)/t17-,21+,22+/m1/s1. The summed E-state index contributed by atoms with van der Waals surface area (Å²) in [5, 5.41) is 26.1. The van der Waals surface area contributed by atoms with Crippen molar-refractivity contribution in [1.29, 1.82) is 0 Å². The third-order valence-corrected chi connectivity index (χ3v) is 6.24. The number of nitrogens with one attached hydrogen (secondary N) is 2. The summed E-state index contributed by atoms with van der Waals surface area (Å²) < 4.78 is 17.8. The van der Waals surface area contributed by atoms with Gasteiger partial charge < -0.3 is 35.1 Å². The van der Waals surface area contributed by atoms with Gasteiger partial charge in [-0.1, -0.05) is 18.2 Å². The first-order chi connectivity index (χ1) is 15.5. The average Bonchev–Trinajstić information content (AvgIpc) is 3.27. The monoisotopic (exact) mass is 552 g/mol. The number of aliphatic hydroxyl groups is 2. The van der Waals surface area contributed by atoms with Crippen molar-refractivity contribution >= 4 is 28.5 Å². The summed E-state index contributed by atoms with van der Waals surface area (Å²) in [6, 6.07) is 12.8. The molecule has 0 aromatic heterocycles. The van der Waals surface area contributed by atoms with Gasteiger partial charge in [0.15, 0.2) is 11.5 Å². The maximum absolute atomic E-state index is 12.6. The van der Waals surface area contributed by atoms with E-state index in [-0.39, 0.29) is 25.9 Å². The third-order valence-electron chi connectivity index (χ3n) is 5.35. The molecule has 0 bridgehead atoms. The zero-order valence-electron chi connectivity index (χ0n) is 17.3. The molecule has 170 valence electrons. The molecule has 2 aliphatic rings. The van der Waals surface area contributed by atoms with Crippen LogP contribution in [-0.2, 0) is 11.3 Å². The smallest absolute Gasteiger partial charge is 0.247 e. The molecule has 8 nitrogen and oxygen atoms in total. The number of hydrogen-bond donors (Lipinski definition) is 4. The maximum atomic E-state index is 12.6. The zero-order valence-corrected chi connectivity index (χ0v) is 19.4. The minimum atomic E-state index is -0.866. The quantitative estimate of drug-likeness (QED) is 0.370. The molecule has 1 aliphatic carbocycles. The fraction of sp³-hybridized carbons (Fsp3) is 0.348. The first-order valence-corrected chi connectivity index (χ1v) is 11.4. The fourth-order valence-corrected chi connectivity index (χ4v) is 4.20. The lowest BCUT2D eigenvalue weighted by Gasteiger charge is -2.34. The molecule has 0 saturated heterocycles. The highest BCUT2D eigenvalue weighted by molar-refractivity contribution is 14.1. The Kier molecular flexibility index (Phi) is 7.51. The van der Waals surface area contributed by atoms with Crippen LogP contribution >= 0.6 is 22.6 Å². The van der Waals surface area contributed by atoms with Crippen molar-refractivity contribution in [1.82, 2.24) is 10.6 Å². The van der Waals surface area contributed by atoms with E-state index in [2.05, 4.69) is 33.2 Å². The van der Waals surface area contributed by atoms with Gasteiger partial charge >= 0.3 is 0 Å². The van der Waals surface area contributed by atoms with Gasteiger partial charge in [-0.05, 0) is 64.9 Å². The van der Waals surface area contributed by atoms with Gasteiger partial charge in [-0.25, -0.2) is 0 Å². The van der Waals surface area contributed by atoms with Crippen molar-refractivity contribution in [2.45, 2.75) is 31.2 Å². The van der Waals surface area contributed by atoms with E-state index in [1.165, 1.54) is 0 Å². The van der Waals surface area contributed by atoms with Crippen molar-refractivity contribution in [3.63, 3.8) is 0 Å². The van der Waals surface area contributed by atoms with E-state index in [1.807, 2.05) is 42.5 Å². The number of ether oxygens (including phenoxy) is 3. The lowest BCUT2D eigenvalue weighted by Crippen LogP contribution is -2.51. The van der Waals surface area contributed by atoms with Crippen molar-refractivity contribution < 1.29 is 29.2 Å². The Morgan fingerprint density at radius 1 is 1.19 bits per heavy atom. The number of aliphatic hydroxyl groups excluding tert-OH is 2. The van der Waals surface area contributed by atoms with E-state index < -0.39 is 18.2 Å².